The molecule has 1 N–H and O–H groups in total. The third-order valence-corrected chi connectivity index (χ3v) is 3.47. The second kappa shape index (κ2) is 6.03. The summed E-state index contributed by atoms with van der Waals surface area (Å²) >= 11 is 9.14. The van der Waals surface area contributed by atoms with Crippen LogP contribution in [0.15, 0.2) is 53.0 Å². The van der Waals surface area contributed by atoms with Gasteiger partial charge in [0, 0.05) is 15.9 Å². The van der Waals surface area contributed by atoms with Gasteiger partial charge in [-0.1, -0.05) is 24.3 Å². The van der Waals surface area contributed by atoms with Gasteiger partial charge in [-0.3, -0.25) is 4.79 Å². The lowest BCUT2D eigenvalue weighted by Gasteiger charge is -2.07. The molecule has 18 heavy (non-hydrogen) atoms. The van der Waals surface area contributed by atoms with Crippen LogP contribution in [-0.2, 0) is 5.88 Å². The zero-order valence-corrected chi connectivity index (χ0v) is 11.8. The van der Waals surface area contributed by atoms with Crippen LogP contribution in [0.25, 0.3) is 0 Å². The van der Waals surface area contributed by atoms with Crippen LogP contribution in [0.2, 0.25) is 0 Å². The largest absolute Gasteiger partial charge is 0.321 e. The second-order valence-electron chi connectivity index (χ2n) is 3.77. The zero-order valence-electron chi connectivity index (χ0n) is 9.49. The fraction of sp³-hybridized carbons (Fsp3) is 0.0714. The van der Waals surface area contributed by atoms with E-state index < -0.39 is 0 Å². The SMILES string of the molecule is O=C(Nc1ccccc1Br)c1cccc(CCl)c1. The molecule has 0 atom stereocenters. The smallest absolute Gasteiger partial charge is 0.255 e. The third-order valence-electron chi connectivity index (χ3n) is 2.47. The lowest BCUT2D eigenvalue weighted by Crippen LogP contribution is -2.12. The Kier molecular flexibility index (Phi) is 4.39. The van der Waals surface area contributed by atoms with E-state index in [0.29, 0.717) is 11.4 Å². The molecule has 0 aliphatic rings. The van der Waals surface area contributed by atoms with Crippen molar-refractivity contribution in [2.45, 2.75) is 5.88 Å². The van der Waals surface area contributed by atoms with Gasteiger partial charge in [0.2, 0.25) is 0 Å². The van der Waals surface area contributed by atoms with Crippen molar-refractivity contribution in [3.63, 3.8) is 0 Å². The summed E-state index contributed by atoms with van der Waals surface area (Å²) in [6.45, 7) is 0. The van der Waals surface area contributed by atoms with Crippen LogP contribution in [0.3, 0.4) is 0 Å². The fourth-order valence-electron chi connectivity index (χ4n) is 1.55. The van der Waals surface area contributed by atoms with Gasteiger partial charge in [0.25, 0.3) is 5.91 Å². The molecule has 0 aromatic heterocycles. The molecule has 1 amide bonds. The monoisotopic (exact) mass is 323 g/mol. The van der Waals surface area contributed by atoms with Crippen LogP contribution in [-0.4, -0.2) is 5.91 Å². The van der Waals surface area contributed by atoms with Crippen molar-refractivity contribution in [1.29, 1.82) is 0 Å². The van der Waals surface area contributed by atoms with Gasteiger partial charge >= 0.3 is 0 Å². The highest BCUT2D eigenvalue weighted by Crippen LogP contribution is 2.22. The lowest BCUT2D eigenvalue weighted by atomic mass is 10.1. The Morgan fingerprint density at radius 3 is 2.67 bits per heavy atom. The average Bonchev–Trinajstić information content (AvgIpc) is 2.41. The molecule has 0 unspecified atom stereocenters. The molecule has 0 aliphatic heterocycles. The minimum absolute atomic E-state index is 0.145. The summed E-state index contributed by atoms with van der Waals surface area (Å²) < 4.78 is 0.854. The summed E-state index contributed by atoms with van der Waals surface area (Å²) in [6.07, 6.45) is 0. The van der Waals surface area contributed by atoms with Gasteiger partial charge in [-0.15, -0.1) is 11.6 Å². The molecule has 2 rings (SSSR count). The van der Waals surface area contributed by atoms with Gasteiger partial charge in [-0.05, 0) is 45.8 Å². The van der Waals surface area contributed by atoms with Gasteiger partial charge in [0.15, 0.2) is 0 Å². The van der Waals surface area contributed by atoms with Crippen molar-refractivity contribution in [2.75, 3.05) is 5.32 Å². The number of nitrogens with one attached hydrogen (secondary N) is 1. The molecular formula is C14H11BrClNO. The molecule has 0 saturated carbocycles. The Bertz CT molecular complexity index is 571. The van der Waals surface area contributed by atoms with Crippen LogP contribution in [0.5, 0.6) is 0 Å². The number of alkyl halides is 1. The molecule has 0 spiro atoms. The highest BCUT2D eigenvalue weighted by atomic mass is 79.9. The van der Waals surface area contributed by atoms with Crippen molar-refractivity contribution in [2.24, 2.45) is 0 Å². The Labute approximate surface area is 119 Å². The van der Waals surface area contributed by atoms with Crippen molar-refractivity contribution in [3.05, 3.63) is 64.1 Å². The van der Waals surface area contributed by atoms with E-state index in [1.807, 2.05) is 36.4 Å². The molecule has 0 bridgehead atoms. The summed E-state index contributed by atoms with van der Waals surface area (Å²) in [5.74, 6) is 0.254. The summed E-state index contributed by atoms with van der Waals surface area (Å²) in [7, 11) is 0. The number of carbonyl (C=O) groups is 1. The summed E-state index contributed by atoms with van der Waals surface area (Å²) in [6, 6.07) is 14.8. The molecule has 92 valence electrons. The first kappa shape index (κ1) is 13.1. The molecule has 0 heterocycles. The summed E-state index contributed by atoms with van der Waals surface area (Å²) in [5, 5.41) is 2.85. The number of hydrogen-bond donors (Lipinski definition) is 1. The predicted molar refractivity (Wildman–Crippen MR) is 78.1 cm³/mol. The number of benzene rings is 2. The number of halogens is 2. The van der Waals surface area contributed by atoms with E-state index in [1.54, 1.807) is 12.1 Å². The number of para-hydroxylation sites is 1. The van der Waals surface area contributed by atoms with E-state index in [2.05, 4.69) is 21.2 Å². The van der Waals surface area contributed by atoms with E-state index in [4.69, 9.17) is 11.6 Å². The fourth-order valence-corrected chi connectivity index (χ4v) is 2.10. The van der Waals surface area contributed by atoms with Gasteiger partial charge in [0.1, 0.15) is 0 Å². The Morgan fingerprint density at radius 1 is 1.17 bits per heavy atom. The molecule has 0 fully saturated rings. The standard InChI is InChI=1S/C14H11BrClNO/c15-12-6-1-2-7-13(12)17-14(18)11-5-3-4-10(8-11)9-16/h1-8H,9H2,(H,17,18). The predicted octanol–water partition coefficient (Wildman–Crippen LogP) is 4.44. The molecule has 2 nitrogen and oxygen atoms in total. The van der Waals surface area contributed by atoms with Crippen LogP contribution in [0.1, 0.15) is 15.9 Å². The molecule has 0 saturated heterocycles. The highest BCUT2D eigenvalue weighted by molar-refractivity contribution is 9.10. The summed E-state index contributed by atoms with van der Waals surface area (Å²) in [4.78, 5) is 12.1. The molecule has 0 radical (unpaired) electrons. The van der Waals surface area contributed by atoms with Crippen LogP contribution >= 0.6 is 27.5 Å². The molecular weight excluding hydrogens is 314 g/mol. The van der Waals surface area contributed by atoms with E-state index in [1.165, 1.54) is 0 Å². The van der Waals surface area contributed by atoms with Gasteiger partial charge < -0.3 is 5.32 Å². The maximum Gasteiger partial charge on any atom is 0.255 e. The van der Waals surface area contributed by atoms with Gasteiger partial charge in [0.05, 0.1) is 5.69 Å². The normalized spacial score (nSPS) is 10.1. The highest BCUT2D eigenvalue weighted by Gasteiger charge is 2.08. The van der Waals surface area contributed by atoms with Crippen molar-refractivity contribution >= 4 is 39.1 Å². The molecule has 2 aromatic carbocycles. The van der Waals surface area contributed by atoms with Crippen molar-refractivity contribution in [3.8, 4) is 0 Å². The molecule has 0 aliphatic carbocycles. The molecule has 2 aromatic rings. The molecule has 4 heteroatoms. The topological polar surface area (TPSA) is 29.1 Å². The average molecular weight is 325 g/mol. The first-order valence-corrected chi connectivity index (χ1v) is 6.74. The second-order valence-corrected chi connectivity index (χ2v) is 4.89. The number of carbonyl (C=O) groups excluding carboxylic acids is 1. The van der Waals surface area contributed by atoms with E-state index >= 15 is 0 Å². The maximum absolute atomic E-state index is 12.1. The van der Waals surface area contributed by atoms with Crippen LogP contribution in [0, 0.1) is 0 Å². The minimum Gasteiger partial charge on any atom is -0.321 e. The van der Waals surface area contributed by atoms with E-state index in [9.17, 15) is 4.79 Å². The Hall–Kier alpha value is -1.32. The quantitative estimate of drug-likeness (QED) is 0.831. The zero-order chi connectivity index (χ0) is 13.0. The minimum atomic E-state index is -0.145. The Balaban J connectivity index is 2.19. The van der Waals surface area contributed by atoms with Crippen molar-refractivity contribution in [1.82, 2.24) is 0 Å². The number of rotatable bonds is 3. The Morgan fingerprint density at radius 2 is 1.94 bits per heavy atom. The third kappa shape index (κ3) is 3.12. The van der Waals surface area contributed by atoms with Crippen LogP contribution < -0.4 is 5.32 Å². The number of anilines is 1. The summed E-state index contributed by atoms with van der Waals surface area (Å²) in [5.41, 5.74) is 2.28. The van der Waals surface area contributed by atoms with Crippen LogP contribution in [0.4, 0.5) is 5.69 Å². The van der Waals surface area contributed by atoms with E-state index in [0.717, 1.165) is 15.7 Å². The van der Waals surface area contributed by atoms with Crippen molar-refractivity contribution < 1.29 is 4.79 Å². The number of hydrogen-bond acceptors (Lipinski definition) is 1. The van der Waals surface area contributed by atoms with Gasteiger partial charge in [-0.25, -0.2) is 0 Å². The number of amides is 1. The lowest BCUT2D eigenvalue weighted by molar-refractivity contribution is 0.102. The maximum atomic E-state index is 12.1. The first-order valence-electron chi connectivity index (χ1n) is 5.41. The first-order chi connectivity index (χ1) is 8.70. The van der Waals surface area contributed by atoms with Gasteiger partial charge in [-0.2, -0.15) is 0 Å². The van der Waals surface area contributed by atoms with E-state index in [-0.39, 0.29) is 5.91 Å².